The fourth-order valence-corrected chi connectivity index (χ4v) is 2.60. The van der Waals surface area contributed by atoms with E-state index in [9.17, 15) is 16.8 Å². The Balaban J connectivity index is 3.49. The Morgan fingerprint density at radius 1 is 1.29 bits per heavy atom. The zero-order valence-corrected chi connectivity index (χ0v) is 9.70. The highest BCUT2D eigenvalue weighted by Crippen LogP contribution is 2.25. The van der Waals surface area contributed by atoms with Crippen LogP contribution >= 0.6 is 10.7 Å². The summed E-state index contributed by atoms with van der Waals surface area (Å²) in [5.41, 5.74) is 0. The third-order valence-corrected chi connectivity index (χ3v) is 3.83. The van der Waals surface area contributed by atoms with Gasteiger partial charge < -0.3 is 4.42 Å². The Morgan fingerprint density at radius 2 is 1.79 bits per heavy atom. The van der Waals surface area contributed by atoms with E-state index in [1.54, 1.807) is 0 Å². The van der Waals surface area contributed by atoms with E-state index in [0.717, 1.165) is 12.3 Å². The van der Waals surface area contributed by atoms with Crippen molar-refractivity contribution in [3.8, 4) is 0 Å². The number of aryl methyl sites for hydroxylation is 1. The molecule has 80 valence electrons. The van der Waals surface area contributed by atoms with Gasteiger partial charge in [-0.05, 0) is 6.92 Å². The summed E-state index contributed by atoms with van der Waals surface area (Å²) in [6, 6.07) is 0.896. The molecule has 1 aromatic rings. The molecule has 1 aromatic heterocycles. The molecular weight excluding hydrogens is 252 g/mol. The molecule has 0 fully saturated rings. The molecule has 0 radical (unpaired) electrons. The molecule has 0 atom stereocenters. The van der Waals surface area contributed by atoms with Crippen molar-refractivity contribution < 1.29 is 21.3 Å². The Hall–Kier alpha value is -0.530. The standard InChI is InChI=1S/C6H7ClO5S2/c1-4-5(13(2,8)9)3-6(12-4)14(7,10)11/h3H,1-2H3. The number of hydrogen-bond acceptors (Lipinski definition) is 5. The van der Waals surface area contributed by atoms with Gasteiger partial charge in [0.25, 0.3) is 9.05 Å². The molecule has 0 bridgehead atoms. The highest BCUT2D eigenvalue weighted by atomic mass is 35.7. The van der Waals surface area contributed by atoms with Crippen molar-refractivity contribution in [2.24, 2.45) is 0 Å². The minimum absolute atomic E-state index is 0.00623. The predicted molar refractivity (Wildman–Crippen MR) is 49.6 cm³/mol. The molecule has 0 unspecified atom stereocenters. The molecule has 0 aliphatic heterocycles. The van der Waals surface area contributed by atoms with E-state index < -0.39 is 24.0 Å². The van der Waals surface area contributed by atoms with Crippen LogP contribution in [0.5, 0.6) is 0 Å². The van der Waals surface area contributed by atoms with E-state index in [2.05, 4.69) is 0 Å². The first-order valence-corrected chi connectivity index (χ1v) is 7.57. The fourth-order valence-electron chi connectivity index (χ4n) is 0.928. The quantitative estimate of drug-likeness (QED) is 0.737. The van der Waals surface area contributed by atoms with Crippen LogP contribution in [0.1, 0.15) is 5.76 Å². The maximum absolute atomic E-state index is 11.1. The number of hydrogen-bond donors (Lipinski definition) is 0. The first kappa shape index (κ1) is 11.5. The zero-order valence-electron chi connectivity index (χ0n) is 7.31. The molecule has 0 N–H and O–H groups in total. The second-order valence-electron chi connectivity index (χ2n) is 2.70. The van der Waals surface area contributed by atoms with Gasteiger partial charge in [0.05, 0.1) is 0 Å². The van der Waals surface area contributed by atoms with E-state index in [0.29, 0.717) is 0 Å². The molecule has 0 aliphatic carbocycles. The van der Waals surface area contributed by atoms with Crippen LogP contribution in [0.3, 0.4) is 0 Å². The molecule has 1 heterocycles. The Labute approximate surface area is 86.0 Å². The van der Waals surface area contributed by atoms with Crippen LogP contribution in [0.25, 0.3) is 0 Å². The number of furan rings is 1. The van der Waals surface area contributed by atoms with E-state index in [1.165, 1.54) is 6.92 Å². The van der Waals surface area contributed by atoms with Gasteiger partial charge in [-0.25, -0.2) is 16.8 Å². The Kier molecular flexibility index (Phi) is 2.68. The third-order valence-electron chi connectivity index (χ3n) is 1.49. The van der Waals surface area contributed by atoms with Crippen molar-refractivity contribution in [3.05, 3.63) is 11.8 Å². The fraction of sp³-hybridized carbons (Fsp3) is 0.333. The summed E-state index contributed by atoms with van der Waals surface area (Å²) in [4.78, 5) is -0.170. The minimum atomic E-state index is -4.02. The van der Waals surface area contributed by atoms with Crippen LogP contribution in [-0.4, -0.2) is 23.1 Å². The predicted octanol–water partition coefficient (Wildman–Crippen LogP) is 0.919. The summed E-state index contributed by atoms with van der Waals surface area (Å²) in [5, 5.41) is -0.558. The molecule has 8 heteroatoms. The molecule has 5 nitrogen and oxygen atoms in total. The Bertz CT molecular complexity index is 551. The highest BCUT2D eigenvalue weighted by molar-refractivity contribution is 8.13. The summed E-state index contributed by atoms with van der Waals surface area (Å²) in [7, 11) is -2.54. The van der Waals surface area contributed by atoms with Gasteiger partial charge in [-0.2, -0.15) is 0 Å². The van der Waals surface area contributed by atoms with Crippen molar-refractivity contribution in [2.75, 3.05) is 6.26 Å². The lowest BCUT2D eigenvalue weighted by Gasteiger charge is -1.90. The summed E-state index contributed by atoms with van der Waals surface area (Å²) in [6.07, 6.45) is 0.954. The van der Waals surface area contributed by atoms with Crippen molar-refractivity contribution in [2.45, 2.75) is 16.9 Å². The van der Waals surface area contributed by atoms with Crippen LogP contribution < -0.4 is 0 Å². The van der Waals surface area contributed by atoms with Gasteiger partial charge in [-0.1, -0.05) is 0 Å². The summed E-state index contributed by atoms with van der Waals surface area (Å²) < 4.78 is 48.5. The van der Waals surface area contributed by atoms with E-state index in [4.69, 9.17) is 15.1 Å². The van der Waals surface area contributed by atoms with Crippen LogP contribution in [0, 0.1) is 6.92 Å². The van der Waals surface area contributed by atoms with Crippen LogP contribution in [0.2, 0.25) is 0 Å². The average molecular weight is 259 g/mol. The molecule has 0 aliphatic rings. The SMILES string of the molecule is Cc1oc(S(=O)(=O)Cl)cc1S(C)(=O)=O. The summed E-state index contributed by atoms with van der Waals surface area (Å²) >= 11 is 0. The second kappa shape index (κ2) is 3.25. The molecule has 0 spiro atoms. The topological polar surface area (TPSA) is 81.4 Å². The molecular formula is C6H7ClO5S2. The Morgan fingerprint density at radius 3 is 2.00 bits per heavy atom. The molecule has 0 saturated carbocycles. The summed E-state index contributed by atoms with van der Waals surface area (Å²) in [5.74, 6) is 0.00623. The van der Waals surface area contributed by atoms with Gasteiger partial charge >= 0.3 is 0 Å². The minimum Gasteiger partial charge on any atom is -0.447 e. The molecule has 14 heavy (non-hydrogen) atoms. The second-order valence-corrected chi connectivity index (χ2v) is 7.18. The lowest BCUT2D eigenvalue weighted by atomic mass is 10.5. The van der Waals surface area contributed by atoms with Crippen molar-refractivity contribution in [1.82, 2.24) is 0 Å². The first-order chi connectivity index (χ1) is 6.12. The van der Waals surface area contributed by atoms with Crippen LogP contribution in [0.15, 0.2) is 20.5 Å². The van der Waals surface area contributed by atoms with Gasteiger partial charge in [0.15, 0.2) is 9.84 Å². The molecule has 0 saturated heterocycles. The first-order valence-electron chi connectivity index (χ1n) is 3.37. The van der Waals surface area contributed by atoms with Crippen LogP contribution in [-0.2, 0) is 18.9 Å². The smallest absolute Gasteiger partial charge is 0.294 e. The number of halogens is 1. The monoisotopic (exact) mass is 258 g/mol. The average Bonchev–Trinajstić information content (AvgIpc) is 2.27. The van der Waals surface area contributed by atoms with E-state index in [-0.39, 0.29) is 10.7 Å². The van der Waals surface area contributed by atoms with Gasteiger partial charge in [0.1, 0.15) is 10.7 Å². The van der Waals surface area contributed by atoms with Gasteiger partial charge in [-0.15, -0.1) is 0 Å². The van der Waals surface area contributed by atoms with Crippen molar-refractivity contribution in [3.63, 3.8) is 0 Å². The normalized spacial score (nSPS) is 13.1. The van der Waals surface area contributed by atoms with Gasteiger partial charge in [0.2, 0.25) is 5.09 Å². The van der Waals surface area contributed by atoms with Crippen molar-refractivity contribution in [1.29, 1.82) is 0 Å². The zero-order chi connectivity index (χ0) is 11.1. The van der Waals surface area contributed by atoms with E-state index >= 15 is 0 Å². The van der Waals surface area contributed by atoms with Gasteiger partial charge in [0, 0.05) is 23.0 Å². The lowest BCUT2D eigenvalue weighted by Crippen LogP contribution is -1.96. The number of sulfone groups is 1. The molecule has 0 aromatic carbocycles. The largest absolute Gasteiger partial charge is 0.447 e. The maximum atomic E-state index is 11.1. The highest BCUT2D eigenvalue weighted by Gasteiger charge is 2.22. The van der Waals surface area contributed by atoms with Crippen LogP contribution in [0.4, 0.5) is 0 Å². The molecule has 1 rings (SSSR count). The lowest BCUT2D eigenvalue weighted by molar-refractivity contribution is 0.428. The van der Waals surface area contributed by atoms with Gasteiger partial charge in [-0.3, -0.25) is 0 Å². The molecule has 0 amide bonds. The van der Waals surface area contributed by atoms with E-state index in [1.807, 2.05) is 0 Å². The van der Waals surface area contributed by atoms with Crippen molar-refractivity contribution >= 4 is 29.6 Å². The third kappa shape index (κ3) is 2.28. The number of rotatable bonds is 2. The maximum Gasteiger partial charge on any atom is 0.294 e. The summed E-state index contributed by atoms with van der Waals surface area (Å²) in [6.45, 7) is 1.35.